The third kappa shape index (κ3) is 3.32. The predicted molar refractivity (Wildman–Crippen MR) is 72.4 cm³/mol. The summed E-state index contributed by atoms with van der Waals surface area (Å²) < 4.78 is 32.3. The molecule has 0 atom stereocenters. The van der Waals surface area contributed by atoms with E-state index in [2.05, 4.69) is 25.9 Å². The van der Waals surface area contributed by atoms with Crippen molar-refractivity contribution in [3.05, 3.63) is 34.3 Å². The Labute approximate surface area is 120 Å². The van der Waals surface area contributed by atoms with Crippen LogP contribution < -0.4 is 10.5 Å². The first-order valence-electron chi connectivity index (χ1n) is 5.00. The summed E-state index contributed by atoms with van der Waals surface area (Å²) in [5, 5.41) is 0.380. The minimum Gasteiger partial charge on any atom is -0.436 e. The van der Waals surface area contributed by atoms with Gasteiger partial charge in [0.25, 0.3) is 0 Å². The number of nitrogen functional groups attached to an aromatic ring is 1. The number of ether oxygens (including phenoxy) is 1. The number of aromatic nitrogens is 2. The van der Waals surface area contributed by atoms with Gasteiger partial charge >= 0.3 is 0 Å². The van der Waals surface area contributed by atoms with Gasteiger partial charge in [0.1, 0.15) is 5.82 Å². The van der Waals surface area contributed by atoms with Crippen LogP contribution in [0.4, 0.5) is 14.6 Å². The number of benzene rings is 1. The first-order valence-corrected chi connectivity index (χ1v) is 7.02. The molecule has 0 aliphatic carbocycles. The molecule has 1 aromatic carbocycles. The van der Waals surface area contributed by atoms with Crippen LogP contribution in [0.15, 0.2) is 27.8 Å². The number of thioether (sulfide) groups is 1. The van der Waals surface area contributed by atoms with Gasteiger partial charge in [-0.05, 0) is 18.4 Å². The van der Waals surface area contributed by atoms with E-state index in [4.69, 9.17) is 10.5 Å². The molecule has 8 heteroatoms. The van der Waals surface area contributed by atoms with Crippen molar-refractivity contribution in [1.82, 2.24) is 9.97 Å². The van der Waals surface area contributed by atoms with E-state index < -0.39 is 11.6 Å². The largest absolute Gasteiger partial charge is 0.436 e. The third-order valence-electron chi connectivity index (χ3n) is 2.06. The van der Waals surface area contributed by atoms with E-state index in [1.54, 1.807) is 6.26 Å². The van der Waals surface area contributed by atoms with Crippen molar-refractivity contribution in [2.24, 2.45) is 0 Å². The summed E-state index contributed by atoms with van der Waals surface area (Å²) in [7, 11) is 0. The lowest BCUT2D eigenvalue weighted by atomic mass is 10.3. The first kappa shape index (κ1) is 14.0. The molecule has 2 rings (SSSR count). The van der Waals surface area contributed by atoms with E-state index >= 15 is 0 Å². The second-order valence-electron chi connectivity index (χ2n) is 3.42. The summed E-state index contributed by atoms with van der Waals surface area (Å²) in [6.07, 6.45) is 1.76. The Kier molecular flexibility index (Phi) is 4.20. The van der Waals surface area contributed by atoms with E-state index in [9.17, 15) is 8.78 Å². The quantitative estimate of drug-likeness (QED) is 0.522. The van der Waals surface area contributed by atoms with Crippen molar-refractivity contribution in [2.75, 3.05) is 12.0 Å². The van der Waals surface area contributed by atoms with Crippen molar-refractivity contribution < 1.29 is 13.5 Å². The van der Waals surface area contributed by atoms with Crippen LogP contribution in [0.5, 0.6) is 11.6 Å². The van der Waals surface area contributed by atoms with Crippen molar-refractivity contribution in [2.45, 2.75) is 5.16 Å². The molecule has 0 saturated heterocycles. The second kappa shape index (κ2) is 5.70. The van der Waals surface area contributed by atoms with Gasteiger partial charge in [0.2, 0.25) is 11.7 Å². The van der Waals surface area contributed by atoms with Crippen LogP contribution in [-0.4, -0.2) is 16.2 Å². The fraction of sp³-hybridized carbons (Fsp3) is 0.0909. The normalized spacial score (nSPS) is 10.5. The van der Waals surface area contributed by atoms with Gasteiger partial charge in [0.05, 0.1) is 0 Å². The molecule has 1 heterocycles. The zero-order valence-corrected chi connectivity index (χ0v) is 12.1. The highest BCUT2D eigenvalue weighted by atomic mass is 79.9. The van der Waals surface area contributed by atoms with Gasteiger partial charge in [0.15, 0.2) is 16.7 Å². The Hall–Kier alpha value is -1.41. The van der Waals surface area contributed by atoms with Gasteiger partial charge in [-0.2, -0.15) is 9.37 Å². The van der Waals surface area contributed by atoms with Crippen LogP contribution in [0.2, 0.25) is 0 Å². The summed E-state index contributed by atoms with van der Waals surface area (Å²) in [6, 6.07) is 3.64. The van der Waals surface area contributed by atoms with Crippen LogP contribution in [0, 0.1) is 11.6 Å². The Morgan fingerprint density at radius 2 is 2.00 bits per heavy atom. The van der Waals surface area contributed by atoms with Crippen LogP contribution in [0.25, 0.3) is 0 Å². The van der Waals surface area contributed by atoms with E-state index in [1.807, 2.05) is 0 Å². The highest BCUT2D eigenvalue weighted by molar-refractivity contribution is 9.10. The summed E-state index contributed by atoms with van der Waals surface area (Å²) in [4.78, 5) is 7.92. The molecule has 0 aliphatic heterocycles. The Bertz CT molecular complexity index is 627. The zero-order chi connectivity index (χ0) is 14.0. The highest BCUT2D eigenvalue weighted by Gasteiger charge is 2.13. The fourth-order valence-corrected chi connectivity index (χ4v) is 2.07. The number of halogens is 3. The van der Waals surface area contributed by atoms with E-state index in [-0.39, 0.29) is 17.4 Å². The van der Waals surface area contributed by atoms with Crippen molar-refractivity contribution >= 4 is 33.5 Å². The lowest BCUT2D eigenvalue weighted by Gasteiger charge is -2.08. The van der Waals surface area contributed by atoms with Gasteiger partial charge in [0, 0.05) is 10.5 Å². The lowest BCUT2D eigenvalue weighted by molar-refractivity contribution is 0.401. The van der Waals surface area contributed by atoms with Gasteiger partial charge in [-0.15, -0.1) is 0 Å². The standard InChI is InChI=1S/C11H8BrF2N3OS/c1-19-11-16-8(15)4-9(17-11)18-7-3-5(12)2-6(13)10(7)14/h2-4H,1H3,(H2,15,16,17). The average molecular weight is 348 g/mol. The summed E-state index contributed by atoms with van der Waals surface area (Å²) in [5.41, 5.74) is 5.56. The van der Waals surface area contributed by atoms with E-state index in [0.29, 0.717) is 9.63 Å². The van der Waals surface area contributed by atoms with Gasteiger partial charge < -0.3 is 10.5 Å². The number of hydrogen-bond donors (Lipinski definition) is 1. The Morgan fingerprint density at radius 3 is 2.68 bits per heavy atom. The molecule has 0 unspecified atom stereocenters. The monoisotopic (exact) mass is 347 g/mol. The van der Waals surface area contributed by atoms with Crippen LogP contribution >= 0.6 is 27.7 Å². The van der Waals surface area contributed by atoms with Gasteiger partial charge in [-0.1, -0.05) is 27.7 Å². The molecule has 0 bridgehead atoms. The minimum atomic E-state index is -1.09. The van der Waals surface area contributed by atoms with E-state index in [0.717, 1.165) is 6.07 Å². The van der Waals surface area contributed by atoms with E-state index in [1.165, 1.54) is 23.9 Å². The molecule has 2 N–H and O–H groups in total. The molecule has 0 saturated carbocycles. The molecule has 0 amide bonds. The third-order valence-corrected chi connectivity index (χ3v) is 3.06. The average Bonchev–Trinajstić information content (AvgIpc) is 2.34. The molecule has 0 spiro atoms. The number of nitrogens with two attached hydrogens (primary N) is 1. The lowest BCUT2D eigenvalue weighted by Crippen LogP contribution is -1.99. The molecular weight excluding hydrogens is 340 g/mol. The fourth-order valence-electron chi connectivity index (χ4n) is 1.28. The van der Waals surface area contributed by atoms with Crippen LogP contribution in [-0.2, 0) is 0 Å². The predicted octanol–water partition coefficient (Wildman–Crippen LogP) is 3.61. The molecule has 100 valence electrons. The molecule has 0 aliphatic rings. The van der Waals surface area contributed by atoms with Crippen LogP contribution in [0.3, 0.4) is 0 Å². The highest BCUT2D eigenvalue weighted by Crippen LogP contribution is 2.29. The van der Waals surface area contributed by atoms with Crippen molar-refractivity contribution in [1.29, 1.82) is 0 Å². The maximum Gasteiger partial charge on any atom is 0.225 e. The van der Waals surface area contributed by atoms with Crippen molar-refractivity contribution in [3.63, 3.8) is 0 Å². The smallest absolute Gasteiger partial charge is 0.225 e. The maximum absolute atomic E-state index is 13.5. The minimum absolute atomic E-state index is 0.0493. The summed E-state index contributed by atoms with van der Waals surface area (Å²) in [5.74, 6) is -2.15. The molecule has 0 radical (unpaired) electrons. The van der Waals surface area contributed by atoms with Gasteiger partial charge in [-0.3, -0.25) is 0 Å². The van der Waals surface area contributed by atoms with Crippen LogP contribution in [0.1, 0.15) is 0 Å². The molecule has 1 aromatic heterocycles. The topological polar surface area (TPSA) is 61.0 Å². The van der Waals surface area contributed by atoms with Gasteiger partial charge in [-0.25, -0.2) is 9.37 Å². The maximum atomic E-state index is 13.5. The number of hydrogen-bond acceptors (Lipinski definition) is 5. The van der Waals surface area contributed by atoms with Crippen molar-refractivity contribution in [3.8, 4) is 11.6 Å². The molecule has 4 nitrogen and oxygen atoms in total. The molecule has 2 aromatic rings. The first-order chi connectivity index (χ1) is 8.99. The number of nitrogens with zero attached hydrogens (tertiary/aromatic N) is 2. The summed E-state index contributed by atoms with van der Waals surface area (Å²) in [6.45, 7) is 0. The molecular formula is C11H8BrF2N3OS. The Balaban J connectivity index is 2.38. The Morgan fingerprint density at radius 1 is 1.26 bits per heavy atom. The summed E-state index contributed by atoms with van der Waals surface area (Å²) >= 11 is 4.31. The SMILES string of the molecule is CSc1nc(N)cc(Oc2cc(Br)cc(F)c2F)n1. The zero-order valence-electron chi connectivity index (χ0n) is 9.65. The number of anilines is 1. The number of rotatable bonds is 3. The second-order valence-corrected chi connectivity index (χ2v) is 5.11. The molecule has 19 heavy (non-hydrogen) atoms. The molecule has 0 fully saturated rings.